The first kappa shape index (κ1) is 14.6. The molecule has 112 valence electrons. The first-order valence-electron chi connectivity index (χ1n) is 7.35. The van der Waals surface area contributed by atoms with E-state index >= 15 is 0 Å². The Morgan fingerprint density at radius 2 is 2.10 bits per heavy atom. The lowest BCUT2D eigenvalue weighted by Gasteiger charge is -2.32. The molecule has 1 aromatic carbocycles. The second-order valence-corrected chi connectivity index (χ2v) is 7.33. The number of para-hydroxylation sites is 1. The molecule has 3 rings (SSSR count). The van der Waals surface area contributed by atoms with Crippen LogP contribution in [0.2, 0.25) is 0 Å². The summed E-state index contributed by atoms with van der Waals surface area (Å²) in [5, 5.41) is 11.1. The molecule has 1 aliphatic carbocycles. The minimum atomic E-state index is -0.493. The van der Waals surface area contributed by atoms with Crippen molar-refractivity contribution in [2.45, 2.75) is 49.2 Å². The van der Waals surface area contributed by atoms with E-state index < -0.39 is 5.60 Å². The van der Waals surface area contributed by atoms with Crippen LogP contribution in [0.25, 0.3) is 10.9 Å². The number of thioether (sulfide) groups is 1. The zero-order valence-corrected chi connectivity index (χ0v) is 12.9. The minimum Gasteiger partial charge on any atom is -0.390 e. The van der Waals surface area contributed by atoms with Crippen molar-refractivity contribution in [3.63, 3.8) is 0 Å². The highest BCUT2D eigenvalue weighted by Crippen LogP contribution is 2.35. The SMILES string of the molecule is CC1(O)CCC(SCc2nc3ccccc3c(=O)[nH]2)CC1. The van der Waals surface area contributed by atoms with Gasteiger partial charge >= 0.3 is 0 Å². The Morgan fingerprint density at radius 3 is 2.86 bits per heavy atom. The van der Waals surface area contributed by atoms with Gasteiger partial charge in [-0.15, -0.1) is 0 Å². The van der Waals surface area contributed by atoms with Gasteiger partial charge in [0.05, 0.1) is 22.3 Å². The molecule has 2 N–H and O–H groups in total. The summed E-state index contributed by atoms with van der Waals surface area (Å²) in [5.74, 6) is 1.45. The molecule has 1 aliphatic rings. The summed E-state index contributed by atoms with van der Waals surface area (Å²) in [6.07, 6.45) is 3.75. The predicted molar refractivity (Wildman–Crippen MR) is 86.5 cm³/mol. The van der Waals surface area contributed by atoms with Crippen LogP contribution in [0.1, 0.15) is 38.4 Å². The molecule has 5 heteroatoms. The molecule has 4 nitrogen and oxygen atoms in total. The Kier molecular flexibility index (Phi) is 4.04. The molecule has 0 saturated heterocycles. The zero-order valence-electron chi connectivity index (χ0n) is 12.1. The summed E-state index contributed by atoms with van der Waals surface area (Å²) in [6, 6.07) is 7.41. The number of fused-ring (bicyclic) bond motifs is 1. The lowest BCUT2D eigenvalue weighted by molar-refractivity contribution is 0.0240. The lowest BCUT2D eigenvalue weighted by atomic mass is 9.86. The molecule has 0 unspecified atom stereocenters. The third-order valence-corrected chi connectivity index (χ3v) is 5.51. The Morgan fingerprint density at radius 1 is 1.38 bits per heavy atom. The molecule has 1 heterocycles. The largest absolute Gasteiger partial charge is 0.390 e. The molecule has 0 bridgehead atoms. The third-order valence-electron chi connectivity index (χ3n) is 4.13. The van der Waals surface area contributed by atoms with Crippen LogP contribution < -0.4 is 5.56 Å². The van der Waals surface area contributed by atoms with Gasteiger partial charge in [0.25, 0.3) is 5.56 Å². The molecular weight excluding hydrogens is 284 g/mol. The number of nitrogens with zero attached hydrogens (tertiary/aromatic N) is 1. The van der Waals surface area contributed by atoms with Crippen molar-refractivity contribution in [2.24, 2.45) is 0 Å². The molecule has 0 spiro atoms. The van der Waals surface area contributed by atoms with Gasteiger partial charge < -0.3 is 10.1 Å². The Balaban J connectivity index is 1.67. The Labute approximate surface area is 128 Å². The van der Waals surface area contributed by atoms with Gasteiger partial charge in [0.15, 0.2) is 0 Å². The van der Waals surface area contributed by atoms with E-state index in [0.29, 0.717) is 16.4 Å². The highest BCUT2D eigenvalue weighted by Gasteiger charge is 2.28. The predicted octanol–water partition coefficient (Wildman–Crippen LogP) is 2.85. The molecule has 0 atom stereocenters. The topological polar surface area (TPSA) is 66.0 Å². The summed E-state index contributed by atoms with van der Waals surface area (Å²) in [4.78, 5) is 19.4. The van der Waals surface area contributed by atoms with Gasteiger partial charge in [-0.25, -0.2) is 4.98 Å². The van der Waals surface area contributed by atoms with Crippen molar-refractivity contribution in [1.29, 1.82) is 0 Å². The second-order valence-electron chi connectivity index (χ2n) is 6.04. The molecule has 0 radical (unpaired) electrons. The first-order chi connectivity index (χ1) is 10.0. The standard InChI is InChI=1S/C16H20N2O2S/c1-16(20)8-6-11(7-9-16)21-10-14-17-13-5-3-2-4-12(13)15(19)18-14/h2-5,11,20H,6-10H2,1H3,(H,17,18,19). The van der Waals surface area contributed by atoms with Crippen molar-refractivity contribution in [2.75, 3.05) is 0 Å². The lowest BCUT2D eigenvalue weighted by Crippen LogP contribution is -2.31. The molecule has 1 fully saturated rings. The van der Waals surface area contributed by atoms with Crippen molar-refractivity contribution in [1.82, 2.24) is 9.97 Å². The molecule has 1 saturated carbocycles. The van der Waals surface area contributed by atoms with Crippen molar-refractivity contribution in [3.05, 3.63) is 40.4 Å². The number of nitrogens with one attached hydrogen (secondary N) is 1. The van der Waals surface area contributed by atoms with Gasteiger partial charge in [-0.3, -0.25) is 4.79 Å². The Bertz CT molecular complexity index is 686. The van der Waals surface area contributed by atoms with E-state index in [1.165, 1.54) is 0 Å². The highest BCUT2D eigenvalue weighted by atomic mass is 32.2. The number of H-pyrrole nitrogens is 1. The fourth-order valence-electron chi connectivity index (χ4n) is 2.78. The van der Waals surface area contributed by atoms with Crippen molar-refractivity contribution in [3.8, 4) is 0 Å². The van der Waals surface area contributed by atoms with Crippen LogP contribution >= 0.6 is 11.8 Å². The summed E-state index contributed by atoms with van der Waals surface area (Å²) < 4.78 is 0. The minimum absolute atomic E-state index is 0.0669. The fourth-order valence-corrected chi connectivity index (χ4v) is 3.88. The maximum atomic E-state index is 12.0. The monoisotopic (exact) mass is 304 g/mol. The number of rotatable bonds is 3. The normalized spacial score (nSPS) is 26.1. The fraction of sp³-hybridized carbons (Fsp3) is 0.500. The molecule has 0 amide bonds. The number of aromatic amines is 1. The van der Waals surface area contributed by atoms with E-state index in [4.69, 9.17) is 0 Å². The number of hydrogen-bond donors (Lipinski definition) is 2. The maximum Gasteiger partial charge on any atom is 0.258 e. The van der Waals surface area contributed by atoms with Gasteiger partial charge in [0, 0.05) is 5.25 Å². The smallest absolute Gasteiger partial charge is 0.258 e. The van der Waals surface area contributed by atoms with E-state index in [2.05, 4.69) is 9.97 Å². The van der Waals surface area contributed by atoms with E-state index in [1.54, 1.807) is 6.07 Å². The van der Waals surface area contributed by atoms with Crippen LogP contribution in [-0.4, -0.2) is 25.9 Å². The van der Waals surface area contributed by atoms with E-state index in [1.807, 2.05) is 36.9 Å². The van der Waals surface area contributed by atoms with Gasteiger partial charge in [-0.05, 0) is 44.7 Å². The summed E-state index contributed by atoms with van der Waals surface area (Å²) in [5.41, 5.74) is 0.193. The quantitative estimate of drug-likeness (QED) is 0.915. The summed E-state index contributed by atoms with van der Waals surface area (Å²) in [7, 11) is 0. The van der Waals surface area contributed by atoms with Gasteiger partial charge in [0.2, 0.25) is 0 Å². The molecular formula is C16H20N2O2S. The Hall–Kier alpha value is -1.33. The summed E-state index contributed by atoms with van der Waals surface area (Å²) in [6.45, 7) is 1.91. The van der Waals surface area contributed by atoms with Crippen LogP contribution in [0.4, 0.5) is 0 Å². The van der Waals surface area contributed by atoms with Gasteiger partial charge in [-0.1, -0.05) is 12.1 Å². The first-order valence-corrected chi connectivity index (χ1v) is 8.40. The molecule has 1 aromatic heterocycles. The molecule has 2 aromatic rings. The highest BCUT2D eigenvalue weighted by molar-refractivity contribution is 7.99. The van der Waals surface area contributed by atoms with Crippen LogP contribution in [-0.2, 0) is 5.75 Å². The number of hydrogen-bond acceptors (Lipinski definition) is 4. The van der Waals surface area contributed by atoms with Gasteiger partial charge in [0.1, 0.15) is 5.82 Å². The number of aromatic nitrogens is 2. The molecule has 21 heavy (non-hydrogen) atoms. The average molecular weight is 304 g/mol. The average Bonchev–Trinajstić information content (AvgIpc) is 2.46. The van der Waals surface area contributed by atoms with E-state index in [0.717, 1.165) is 37.0 Å². The molecule has 0 aliphatic heterocycles. The van der Waals surface area contributed by atoms with E-state index in [9.17, 15) is 9.90 Å². The third kappa shape index (κ3) is 3.47. The zero-order chi connectivity index (χ0) is 14.9. The van der Waals surface area contributed by atoms with Gasteiger partial charge in [-0.2, -0.15) is 11.8 Å². The van der Waals surface area contributed by atoms with Crippen molar-refractivity contribution < 1.29 is 5.11 Å². The van der Waals surface area contributed by atoms with E-state index in [-0.39, 0.29) is 5.56 Å². The van der Waals surface area contributed by atoms with Crippen LogP contribution in [0.3, 0.4) is 0 Å². The summed E-state index contributed by atoms with van der Waals surface area (Å²) >= 11 is 1.82. The van der Waals surface area contributed by atoms with Crippen LogP contribution in [0.15, 0.2) is 29.1 Å². The van der Waals surface area contributed by atoms with Crippen LogP contribution in [0.5, 0.6) is 0 Å². The number of aliphatic hydroxyl groups is 1. The number of benzene rings is 1. The maximum absolute atomic E-state index is 12.0. The second kappa shape index (κ2) is 5.81. The van der Waals surface area contributed by atoms with Crippen LogP contribution in [0, 0.1) is 0 Å². The van der Waals surface area contributed by atoms with Crippen molar-refractivity contribution >= 4 is 22.7 Å².